The molecule has 0 saturated heterocycles. The molecule has 1 aliphatic rings. The molecule has 3 aromatic rings. The Morgan fingerprint density at radius 2 is 2.07 bits per heavy atom. The molecule has 1 N–H and O–H groups in total. The van der Waals surface area contributed by atoms with Gasteiger partial charge in [-0.2, -0.15) is 4.98 Å². The summed E-state index contributed by atoms with van der Waals surface area (Å²) in [6, 6.07) is 15.7. The summed E-state index contributed by atoms with van der Waals surface area (Å²) in [4.78, 5) is 19.0. The first kappa shape index (κ1) is 17.9. The Hall–Kier alpha value is -2.51. The average molecular weight is 427 g/mol. The van der Waals surface area contributed by atoms with Crippen molar-refractivity contribution in [2.75, 3.05) is 7.05 Å². The standard InChI is InChI=1S/C20H19BrN4O2/c1-22-20(26)17-10-13-5-2-3-6-15(13)11-25(17)12-18-23-19(24-27-18)14-7-4-8-16(21)9-14/h2-9,17H,10-12H2,1H3,(H,22,26). The van der Waals surface area contributed by atoms with Crippen molar-refractivity contribution in [2.45, 2.75) is 25.6 Å². The summed E-state index contributed by atoms with van der Waals surface area (Å²) in [6.45, 7) is 1.09. The quantitative estimate of drug-likeness (QED) is 0.693. The van der Waals surface area contributed by atoms with Crippen LogP contribution in [-0.2, 0) is 24.3 Å². The van der Waals surface area contributed by atoms with Crippen LogP contribution in [-0.4, -0.2) is 34.0 Å². The molecule has 0 fully saturated rings. The lowest BCUT2D eigenvalue weighted by Crippen LogP contribution is -2.49. The van der Waals surface area contributed by atoms with E-state index in [0.717, 1.165) is 10.0 Å². The van der Waals surface area contributed by atoms with Crippen LogP contribution in [0.15, 0.2) is 57.5 Å². The second kappa shape index (κ2) is 7.62. The van der Waals surface area contributed by atoms with E-state index in [0.29, 0.717) is 31.2 Å². The van der Waals surface area contributed by atoms with Gasteiger partial charge in [-0.05, 0) is 29.7 Å². The monoisotopic (exact) mass is 426 g/mol. The first-order valence-electron chi connectivity index (χ1n) is 8.75. The molecule has 1 amide bonds. The van der Waals surface area contributed by atoms with Gasteiger partial charge < -0.3 is 9.84 Å². The number of nitrogens with zero attached hydrogens (tertiary/aromatic N) is 3. The van der Waals surface area contributed by atoms with Crippen LogP contribution >= 0.6 is 15.9 Å². The second-order valence-corrected chi connectivity index (χ2v) is 7.45. The van der Waals surface area contributed by atoms with Crippen molar-refractivity contribution in [3.63, 3.8) is 0 Å². The zero-order valence-electron chi connectivity index (χ0n) is 14.9. The van der Waals surface area contributed by atoms with E-state index >= 15 is 0 Å². The Morgan fingerprint density at radius 3 is 2.85 bits per heavy atom. The van der Waals surface area contributed by atoms with E-state index in [1.807, 2.05) is 36.4 Å². The van der Waals surface area contributed by atoms with Crippen molar-refractivity contribution in [3.8, 4) is 11.4 Å². The van der Waals surface area contributed by atoms with Crippen LogP contribution in [0.2, 0.25) is 0 Å². The highest BCUT2D eigenvalue weighted by Gasteiger charge is 2.32. The van der Waals surface area contributed by atoms with Crippen molar-refractivity contribution in [3.05, 3.63) is 70.0 Å². The van der Waals surface area contributed by atoms with E-state index in [2.05, 4.69) is 48.4 Å². The lowest BCUT2D eigenvalue weighted by Gasteiger charge is -2.34. The molecular formula is C20H19BrN4O2. The van der Waals surface area contributed by atoms with E-state index in [9.17, 15) is 4.79 Å². The zero-order valence-corrected chi connectivity index (χ0v) is 16.4. The molecule has 0 radical (unpaired) electrons. The molecule has 1 unspecified atom stereocenters. The van der Waals surface area contributed by atoms with Crippen LogP contribution in [0.3, 0.4) is 0 Å². The van der Waals surface area contributed by atoms with Gasteiger partial charge in [0.05, 0.1) is 12.6 Å². The molecule has 0 saturated carbocycles. The van der Waals surface area contributed by atoms with Crippen LogP contribution in [0.25, 0.3) is 11.4 Å². The third-order valence-electron chi connectivity index (χ3n) is 4.78. The predicted molar refractivity (Wildman–Crippen MR) is 105 cm³/mol. The summed E-state index contributed by atoms with van der Waals surface area (Å²) in [7, 11) is 1.67. The number of likely N-dealkylation sites (N-methyl/N-ethyl adjacent to an activating group) is 1. The largest absolute Gasteiger partial charge is 0.358 e. The van der Waals surface area contributed by atoms with E-state index in [-0.39, 0.29) is 11.9 Å². The number of nitrogens with one attached hydrogen (secondary N) is 1. The number of hydrogen-bond donors (Lipinski definition) is 1. The van der Waals surface area contributed by atoms with Crippen molar-refractivity contribution < 1.29 is 9.32 Å². The van der Waals surface area contributed by atoms with Crippen molar-refractivity contribution in [2.24, 2.45) is 0 Å². The highest BCUT2D eigenvalue weighted by atomic mass is 79.9. The maximum Gasteiger partial charge on any atom is 0.241 e. The van der Waals surface area contributed by atoms with E-state index in [4.69, 9.17) is 4.52 Å². The maximum atomic E-state index is 12.4. The summed E-state index contributed by atoms with van der Waals surface area (Å²) in [5.74, 6) is 1.04. The van der Waals surface area contributed by atoms with Gasteiger partial charge in [0, 0.05) is 23.6 Å². The number of halogens is 1. The molecule has 6 nitrogen and oxygen atoms in total. The highest BCUT2D eigenvalue weighted by Crippen LogP contribution is 2.26. The fraction of sp³-hybridized carbons (Fsp3) is 0.250. The van der Waals surface area contributed by atoms with E-state index in [1.54, 1.807) is 7.05 Å². The van der Waals surface area contributed by atoms with Gasteiger partial charge in [0.15, 0.2) is 0 Å². The van der Waals surface area contributed by atoms with Gasteiger partial charge in [-0.3, -0.25) is 9.69 Å². The molecule has 7 heteroatoms. The molecule has 1 aliphatic heterocycles. The Labute approximate surface area is 165 Å². The minimum Gasteiger partial charge on any atom is -0.358 e. The minimum atomic E-state index is -0.258. The molecule has 0 bridgehead atoms. The zero-order chi connectivity index (χ0) is 18.8. The lowest BCUT2D eigenvalue weighted by atomic mass is 9.93. The van der Waals surface area contributed by atoms with Gasteiger partial charge in [0.25, 0.3) is 0 Å². The number of rotatable bonds is 4. The lowest BCUT2D eigenvalue weighted by molar-refractivity contribution is -0.126. The van der Waals surface area contributed by atoms with E-state index < -0.39 is 0 Å². The van der Waals surface area contributed by atoms with Gasteiger partial charge in [-0.15, -0.1) is 0 Å². The number of hydrogen-bond acceptors (Lipinski definition) is 5. The third kappa shape index (κ3) is 3.79. The fourth-order valence-corrected chi connectivity index (χ4v) is 3.81. The molecule has 2 heterocycles. The van der Waals surface area contributed by atoms with E-state index in [1.165, 1.54) is 11.1 Å². The van der Waals surface area contributed by atoms with Crippen LogP contribution < -0.4 is 5.32 Å². The normalized spacial score (nSPS) is 16.7. The van der Waals surface area contributed by atoms with Crippen LogP contribution in [0.1, 0.15) is 17.0 Å². The molecule has 1 aromatic heterocycles. The summed E-state index contributed by atoms with van der Waals surface area (Å²) >= 11 is 3.45. The Balaban J connectivity index is 1.58. The molecular weight excluding hydrogens is 408 g/mol. The number of fused-ring (bicyclic) bond motifs is 1. The number of carbonyl (C=O) groups excluding carboxylic acids is 1. The topological polar surface area (TPSA) is 71.3 Å². The number of benzene rings is 2. The van der Waals surface area contributed by atoms with Gasteiger partial charge in [-0.1, -0.05) is 57.5 Å². The van der Waals surface area contributed by atoms with Crippen LogP contribution in [0.5, 0.6) is 0 Å². The summed E-state index contributed by atoms with van der Waals surface area (Å²) in [6.07, 6.45) is 0.669. The maximum absolute atomic E-state index is 12.4. The Bertz CT molecular complexity index is 972. The Morgan fingerprint density at radius 1 is 1.26 bits per heavy atom. The number of amides is 1. The summed E-state index contributed by atoms with van der Waals surface area (Å²) in [5.41, 5.74) is 3.32. The molecule has 4 rings (SSSR count). The molecule has 27 heavy (non-hydrogen) atoms. The fourth-order valence-electron chi connectivity index (χ4n) is 3.41. The predicted octanol–water partition coefficient (Wildman–Crippen LogP) is 3.17. The molecule has 2 aromatic carbocycles. The van der Waals surface area contributed by atoms with Crippen molar-refractivity contribution in [1.82, 2.24) is 20.4 Å². The third-order valence-corrected chi connectivity index (χ3v) is 5.28. The Kier molecular flexibility index (Phi) is 5.05. The van der Waals surface area contributed by atoms with Gasteiger partial charge in [0.1, 0.15) is 0 Å². The van der Waals surface area contributed by atoms with Crippen molar-refractivity contribution >= 4 is 21.8 Å². The minimum absolute atomic E-state index is 0.00349. The molecule has 0 spiro atoms. The van der Waals surface area contributed by atoms with Crippen LogP contribution in [0.4, 0.5) is 0 Å². The first-order chi connectivity index (χ1) is 13.1. The van der Waals surface area contributed by atoms with Gasteiger partial charge in [-0.25, -0.2) is 0 Å². The first-order valence-corrected chi connectivity index (χ1v) is 9.54. The molecule has 0 aliphatic carbocycles. The van der Waals surface area contributed by atoms with Crippen LogP contribution in [0, 0.1) is 0 Å². The highest BCUT2D eigenvalue weighted by molar-refractivity contribution is 9.10. The smallest absolute Gasteiger partial charge is 0.241 e. The van der Waals surface area contributed by atoms with Crippen molar-refractivity contribution in [1.29, 1.82) is 0 Å². The molecule has 1 atom stereocenters. The SMILES string of the molecule is CNC(=O)C1Cc2ccccc2CN1Cc1nc(-c2cccc(Br)c2)no1. The number of carbonyl (C=O) groups is 1. The molecule has 138 valence electrons. The summed E-state index contributed by atoms with van der Waals surface area (Å²) in [5, 5.41) is 6.86. The summed E-state index contributed by atoms with van der Waals surface area (Å²) < 4.78 is 6.42. The number of aromatic nitrogens is 2. The second-order valence-electron chi connectivity index (χ2n) is 6.53. The van der Waals surface area contributed by atoms with Gasteiger partial charge in [0.2, 0.25) is 17.6 Å². The average Bonchev–Trinajstić information content (AvgIpc) is 3.15. The van der Waals surface area contributed by atoms with Gasteiger partial charge >= 0.3 is 0 Å².